The summed E-state index contributed by atoms with van der Waals surface area (Å²) < 4.78 is 11.0. The lowest BCUT2D eigenvalue weighted by Crippen LogP contribution is -2.08. The van der Waals surface area contributed by atoms with Gasteiger partial charge in [-0.1, -0.05) is 0 Å². The summed E-state index contributed by atoms with van der Waals surface area (Å²) in [5, 5.41) is 14.5. The van der Waals surface area contributed by atoms with Crippen LogP contribution in [0, 0.1) is 10.1 Å². The van der Waals surface area contributed by atoms with E-state index in [4.69, 9.17) is 0 Å². The predicted octanol–water partition coefficient (Wildman–Crippen LogP) is 1.72. The van der Waals surface area contributed by atoms with E-state index in [-0.39, 0.29) is 5.69 Å². The lowest BCUT2D eigenvalue weighted by Gasteiger charge is -2.07. The monoisotopic (exact) mass is 294 g/mol. The zero-order valence-corrected chi connectivity index (χ0v) is 11.7. The first kappa shape index (κ1) is 14.3. The first-order valence-electron chi connectivity index (χ1n) is 6.01. The molecule has 0 spiro atoms. The van der Waals surface area contributed by atoms with Gasteiger partial charge in [0.15, 0.2) is 0 Å². The minimum atomic E-state index is -0.822. The van der Waals surface area contributed by atoms with Gasteiger partial charge in [-0.15, -0.1) is 0 Å². The minimum absolute atomic E-state index is 0.00464. The second-order valence-corrected chi connectivity index (χ2v) is 5.79. The maximum Gasteiger partial charge on any atom is 0.270 e. The van der Waals surface area contributed by atoms with Crippen LogP contribution < -0.4 is 5.32 Å². The maximum absolute atomic E-state index is 11.0. The van der Waals surface area contributed by atoms with Crippen LogP contribution in [0.1, 0.15) is 6.42 Å². The Balaban J connectivity index is 2.21. The Hall–Kier alpha value is -2.09. The van der Waals surface area contributed by atoms with Gasteiger partial charge in [0.2, 0.25) is 0 Å². The summed E-state index contributed by atoms with van der Waals surface area (Å²) >= 11 is 0. The average molecular weight is 294 g/mol. The molecule has 2 rings (SSSR count). The largest absolute Gasteiger partial charge is 0.369 e. The van der Waals surface area contributed by atoms with Crippen LogP contribution >= 0.6 is 0 Å². The molecule has 0 fully saturated rings. The van der Waals surface area contributed by atoms with Gasteiger partial charge >= 0.3 is 0 Å². The number of nitro benzene ring substituents is 1. The molecule has 1 N–H and O–H groups in total. The van der Waals surface area contributed by atoms with Crippen molar-refractivity contribution >= 4 is 33.2 Å². The molecule has 1 atom stereocenters. The number of non-ortho nitro benzene ring substituents is 1. The highest BCUT2D eigenvalue weighted by atomic mass is 32.2. The van der Waals surface area contributed by atoms with E-state index in [1.165, 1.54) is 18.5 Å². The van der Waals surface area contributed by atoms with Crippen molar-refractivity contribution in [2.24, 2.45) is 0 Å². The van der Waals surface area contributed by atoms with E-state index in [1.54, 1.807) is 12.3 Å². The fourth-order valence-electron chi connectivity index (χ4n) is 1.78. The van der Waals surface area contributed by atoms with Gasteiger partial charge in [-0.05, 0) is 12.5 Å². The van der Waals surface area contributed by atoms with Gasteiger partial charge in [-0.2, -0.15) is 0 Å². The fourth-order valence-corrected chi connectivity index (χ4v) is 2.33. The molecule has 0 aliphatic carbocycles. The first-order valence-corrected chi connectivity index (χ1v) is 7.73. The maximum atomic E-state index is 11.0. The zero-order chi connectivity index (χ0) is 14.5. The van der Waals surface area contributed by atoms with E-state index >= 15 is 0 Å². The molecule has 1 heterocycles. The molecular weight excluding hydrogens is 280 g/mol. The number of fused-ring (bicyclic) bond motifs is 1. The van der Waals surface area contributed by atoms with Crippen molar-refractivity contribution in [1.82, 2.24) is 9.97 Å². The third-order valence-corrected chi connectivity index (χ3v) is 3.59. The molecular formula is C12H14N4O3S. The van der Waals surface area contributed by atoms with Crippen LogP contribution in [0.4, 0.5) is 11.5 Å². The number of benzene rings is 1. The minimum Gasteiger partial charge on any atom is -0.369 e. The van der Waals surface area contributed by atoms with E-state index < -0.39 is 15.7 Å². The van der Waals surface area contributed by atoms with Crippen LogP contribution in [0.2, 0.25) is 0 Å². The molecule has 2 aromatic rings. The topological polar surface area (TPSA) is 98.0 Å². The molecule has 20 heavy (non-hydrogen) atoms. The second kappa shape index (κ2) is 6.38. The molecule has 0 aliphatic rings. The Morgan fingerprint density at radius 3 is 2.90 bits per heavy atom. The van der Waals surface area contributed by atoms with Gasteiger partial charge < -0.3 is 5.32 Å². The van der Waals surface area contributed by atoms with Gasteiger partial charge in [0.05, 0.1) is 10.4 Å². The van der Waals surface area contributed by atoms with Crippen molar-refractivity contribution in [3.05, 3.63) is 34.6 Å². The van der Waals surface area contributed by atoms with E-state index in [0.29, 0.717) is 29.0 Å². The van der Waals surface area contributed by atoms with Gasteiger partial charge in [0, 0.05) is 46.9 Å². The summed E-state index contributed by atoms with van der Waals surface area (Å²) in [7, 11) is -0.822. The summed E-state index contributed by atoms with van der Waals surface area (Å²) in [4.78, 5) is 18.5. The highest BCUT2D eigenvalue weighted by Crippen LogP contribution is 2.24. The molecule has 0 saturated heterocycles. The number of nitro groups is 1. The molecule has 0 saturated carbocycles. The molecule has 0 aliphatic heterocycles. The normalized spacial score (nSPS) is 12.2. The second-order valence-electron chi connectivity index (χ2n) is 4.24. The van der Waals surface area contributed by atoms with Gasteiger partial charge in [0.1, 0.15) is 12.1 Å². The molecule has 7 nitrogen and oxygen atoms in total. The third-order valence-electron chi connectivity index (χ3n) is 2.73. The van der Waals surface area contributed by atoms with Crippen molar-refractivity contribution in [2.45, 2.75) is 6.42 Å². The Kier molecular flexibility index (Phi) is 4.57. The van der Waals surface area contributed by atoms with Crippen LogP contribution in [0.3, 0.4) is 0 Å². The summed E-state index contributed by atoms with van der Waals surface area (Å²) in [5.74, 6) is 1.16. The number of nitrogens with one attached hydrogen (secondary N) is 1. The molecule has 1 aromatic heterocycles. The van der Waals surface area contributed by atoms with E-state index in [2.05, 4.69) is 15.3 Å². The van der Waals surface area contributed by atoms with Gasteiger partial charge in [0.25, 0.3) is 5.69 Å². The van der Waals surface area contributed by atoms with Gasteiger partial charge in [-0.3, -0.25) is 14.3 Å². The number of nitrogens with zero attached hydrogens (tertiary/aromatic N) is 3. The predicted molar refractivity (Wildman–Crippen MR) is 78.2 cm³/mol. The Morgan fingerprint density at radius 1 is 1.40 bits per heavy atom. The van der Waals surface area contributed by atoms with Gasteiger partial charge in [-0.25, -0.2) is 9.97 Å². The van der Waals surface area contributed by atoms with Crippen LogP contribution in [-0.4, -0.2) is 37.7 Å². The summed E-state index contributed by atoms with van der Waals surface area (Å²) in [6.45, 7) is 0.606. The van der Waals surface area contributed by atoms with Crippen molar-refractivity contribution in [3.63, 3.8) is 0 Å². The van der Waals surface area contributed by atoms with Crippen molar-refractivity contribution in [1.29, 1.82) is 0 Å². The van der Waals surface area contributed by atoms with Crippen LogP contribution in [0.25, 0.3) is 10.9 Å². The number of anilines is 1. The van der Waals surface area contributed by atoms with Crippen molar-refractivity contribution in [3.8, 4) is 0 Å². The van der Waals surface area contributed by atoms with E-state index in [1.807, 2.05) is 0 Å². The zero-order valence-electron chi connectivity index (χ0n) is 10.9. The highest BCUT2D eigenvalue weighted by molar-refractivity contribution is 7.84. The lowest BCUT2D eigenvalue weighted by molar-refractivity contribution is -0.384. The summed E-state index contributed by atoms with van der Waals surface area (Å²) in [5.41, 5.74) is 0.650. The molecule has 1 aromatic carbocycles. The molecule has 8 heteroatoms. The number of aromatic nitrogens is 2. The van der Waals surface area contributed by atoms with Crippen molar-refractivity contribution in [2.75, 3.05) is 23.9 Å². The van der Waals surface area contributed by atoms with Crippen LogP contribution in [0.5, 0.6) is 0 Å². The highest BCUT2D eigenvalue weighted by Gasteiger charge is 2.10. The van der Waals surface area contributed by atoms with E-state index in [9.17, 15) is 14.3 Å². The Bertz CT molecular complexity index is 662. The van der Waals surface area contributed by atoms with E-state index in [0.717, 1.165) is 6.42 Å². The molecule has 0 bridgehead atoms. The smallest absolute Gasteiger partial charge is 0.270 e. The average Bonchev–Trinajstić information content (AvgIpc) is 2.42. The van der Waals surface area contributed by atoms with Crippen LogP contribution in [0.15, 0.2) is 24.5 Å². The Labute approximate surface area is 118 Å². The fraction of sp³-hybridized carbons (Fsp3) is 0.333. The van der Waals surface area contributed by atoms with Crippen molar-refractivity contribution < 1.29 is 9.13 Å². The SMILES string of the molecule is CS(=O)CCCNc1ncnc2ccc([N+](=O)[O-])cc12. The standard InChI is InChI=1S/C12H14N4O3S/c1-20(19)6-2-5-13-12-10-7-9(16(17)18)3-4-11(10)14-8-15-12/h3-4,7-8H,2,5-6H2,1H3,(H,13,14,15). The Morgan fingerprint density at radius 2 is 2.20 bits per heavy atom. The number of rotatable bonds is 6. The summed E-state index contributed by atoms with van der Waals surface area (Å²) in [6.07, 6.45) is 3.81. The summed E-state index contributed by atoms with van der Waals surface area (Å²) in [6, 6.07) is 4.47. The first-order chi connectivity index (χ1) is 9.58. The molecule has 0 radical (unpaired) electrons. The quantitative estimate of drug-likeness (QED) is 0.495. The number of hydrogen-bond donors (Lipinski definition) is 1. The molecule has 106 valence electrons. The van der Waals surface area contributed by atoms with Crippen LogP contribution in [-0.2, 0) is 10.8 Å². The lowest BCUT2D eigenvalue weighted by atomic mass is 10.2. The number of hydrogen-bond acceptors (Lipinski definition) is 6. The third kappa shape index (κ3) is 3.47. The molecule has 1 unspecified atom stereocenters. The molecule has 0 amide bonds.